The van der Waals surface area contributed by atoms with Gasteiger partial charge >= 0.3 is 5.97 Å². The maximum atomic E-state index is 11.2. The molecule has 0 unspecified atom stereocenters. The van der Waals surface area contributed by atoms with E-state index < -0.39 is 5.97 Å². The van der Waals surface area contributed by atoms with Crippen molar-refractivity contribution < 1.29 is 19.0 Å². The van der Waals surface area contributed by atoms with Gasteiger partial charge in [-0.15, -0.1) is 0 Å². The molecule has 1 N–H and O–H groups in total. The fraction of sp³-hybridized carbons (Fsp3) is 0.353. The van der Waals surface area contributed by atoms with E-state index in [-0.39, 0.29) is 6.61 Å². The minimum absolute atomic E-state index is 0.208. The molecule has 0 fully saturated rings. The number of hydrogen-bond donors (Lipinski definition) is 1. The summed E-state index contributed by atoms with van der Waals surface area (Å²) in [7, 11) is 1.59. The van der Waals surface area contributed by atoms with Gasteiger partial charge in [-0.25, -0.2) is 4.79 Å². The number of ether oxygens (including phenoxy) is 3. The Hall–Kier alpha value is -2.43. The molecule has 0 radical (unpaired) electrons. The lowest BCUT2D eigenvalue weighted by Gasteiger charge is -2.14. The molecule has 0 aliphatic heterocycles. The number of nitrogens with one attached hydrogen (secondary N) is 1. The van der Waals surface area contributed by atoms with Gasteiger partial charge in [0, 0.05) is 5.57 Å². The minimum Gasteiger partial charge on any atom is -0.493 e. The summed E-state index contributed by atoms with van der Waals surface area (Å²) in [4.78, 5) is 11.2. The Kier molecular flexibility index (Phi) is 7.02. The molecular formula is C17H23NO4. The Morgan fingerprint density at radius 1 is 1.27 bits per heavy atom. The van der Waals surface area contributed by atoms with Gasteiger partial charge in [0.25, 0.3) is 0 Å². The number of aryl methyl sites for hydroxylation is 1. The number of esters is 1. The number of hydrogen-bond acceptors (Lipinski definition) is 5. The van der Waals surface area contributed by atoms with Crippen LogP contribution in [-0.2, 0) is 16.0 Å². The molecule has 5 nitrogen and oxygen atoms in total. The van der Waals surface area contributed by atoms with Crippen LogP contribution in [0.1, 0.15) is 19.4 Å². The van der Waals surface area contributed by atoms with Crippen LogP contribution in [0.25, 0.3) is 0 Å². The Balaban J connectivity index is 2.45. The van der Waals surface area contributed by atoms with E-state index in [0.29, 0.717) is 29.5 Å². The molecule has 22 heavy (non-hydrogen) atoms. The van der Waals surface area contributed by atoms with Crippen molar-refractivity contribution in [2.45, 2.75) is 20.3 Å². The third-order valence-electron chi connectivity index (χ3n) is 2.88. The molecule has 0 amide bonds. The van der Waals surface area contributed by atoms with Gasteiger partial charge in [0.2, 0.25) is 0 Å². The lowest BCUT2D eigenvalue weighted by molar-refractivity contribution is -0.138. The Labute approximate surface area is 131 Å². The van der Waals surface area contributed by atoms with Gasteiger partial charge in [-0.05, 0) is 37.6 Å². The zero-order chi connectivity index (χ0) is 16.5. The van der Waals surface area contributed by atoms with Gasteiger partial charge in [0.1, 0.15) is 6.61 Å². The van der Waals surface area contributed by atoms with Crippen molar-refractivity contribution >= 4 is 5.97 Å². The zero-order valence-electron chi connectivity index (χ0n) is 13.4. The lowest BCUT2D eigenvalue weighted by atomic mass is 10.1. The molecular weight excluding hydrogens is 282 g/mol. The van der Waals surface area contributed by atoms with Crippen molar-refractivity contribution in [3.63, 3.8) is 0 Å². The Bertz CT molecular complexity index is 552. The molecule has 0 aliphatic rings. The Morgan fingerprint density at radius 3 is 2.59 bits per heavy atom. The molecule has 1 aromatic carbocycles. The smallest absolute Gasteiger partial charge is 0.333 e. The number of carbonyl (C=O) groups excluding carboxylic acids is 1. The van der Waals surface area contributed by atoms with Crippen LogP contribution in [0, 0.1) is 0 Å². The SMILES string of the molecule is C=C(NCCOC(=O)C(=C)C)Oc1ccc(CC)cc1OC. The summed E-state index contributed by atoms with van der Waals surface area (Å²) in [5, 5.41) is 2.93. The fourth-order valence-electron chi connectivity index (χ4n) is 1.64. The average Bonchev–Trinajstić information content (AvgIpc) is 2.51. The summed E-state index contributed by atoms with van der Waals surface area (Å²) in [6, 6.07) is 5.74. The normalized spacial score (nSPS) is 9.77. The molecule has 1 aromatic rings. The molecule has 5 heteroatoms. The van der Waals surface area contributed by atoms with Crippen LogP contribution < -0.4 is 14.8 Å². The molecule has 0 bridgehead atoms. The molecule has 0 saturated heterocycles. The van der Waals surface area contributed by atoms with Gasteiger partial charge in [-0.1, -0.05) is 19.6 Å². The van der Waals surface area contributed by atoms with E-state index in [0.717, 1.165) is 12.0 Å². The largest absolute Gasteiger partial charge is 0.493 e. The highest BCUT2D eigenvalue weighted by atomic mass is 16.5. The van der Waals surface area contributed by atoms with Crippen LogP contribution in [0.5, 0.6) is 11.5 Å². The molecule has 0 heterocycles. The van der Waals surface area contributed by atoms with Crippen molar-refractivity contribution in [3.8, 4) is 11.5 Å². The molecule has 0 aliphatic carbocycles. The first-order valence-electron chi connectivity index (χ1n) is 7.08. The first-order chi connectivity index (χ1) is 10.5. The van der Waals surface area contributed by atoms with E-state index in [1.165, 1.54) is 0 Å². The van der Waals surface area contributed by atoms with E-state index in [9.17, 15) is 4.79 Å². The molecule has 0 aromatic heterocycles. The van der Waals surface area contributed by atoms with Crippen LogP contribution in [-0.4, -0.2) is 26.2 Å². The van der Waals surface area contributed by atoms with Crippen molar-refractivity contribution in [2.24, 2.45) is 0 Å². The molecule has 0 spiro atoms. The second-order valence-corrected chi connectivity index (χ2v) is 4.71. The second kappa shape index (κ2) is 8.77. The topological polar surface area (TPSA) is 56.8 Å². The molecule has 0 saturated carbocycles. The predicted octanol–water partition coefficient (Wildman–Crippen LogP) is 2.82. The highest BCUT2D eigenvalue weighted by molar-refractivity contribution is 5.86. The maximum absolute atomic E-state index is 11.2. The van der Waals surface area contributed by atoms with Crippen molar-refractivity contribution in [1.82, 2.24) is 5.32 Å². The quantitative estimate of drug-likeness (QED) is 0.329. The number of methoxy groups -OCH3 is 1. The second-order valence-electron chi connectivity index (χ2n) is 4.71. The van der Waals surface area contributed by atoms with Crippen LogP contribution in [0.4, 0.5) is 0 Å². The third kappa shape index (κ3) is 5.52. The fourth-order valence-corrected chi connectivity index (χ4v) is 1.64. The van der Waals surface area contributed by atoms with Crippen LogP contribution in [0.2, 0.25) is 0 Å². The number of benzene rings is 1. The van der Waals surface area contributed by atoms with Crippen LogP contribution in [0.3, 0.4) is 0 Å². The van der Waals surface area contributed by atoms with Crippen LogP contribution in [0.15, 0.2) is 42.8 Å². The summed E-state index contributed by atoms with van der Waals surface area (Å²) in [5.41, 5.74) is 1.53. The monoisotopic (exact) mass is 305 g/mol. The van der Waals surface area contributed by atoms with E-state index >= 15 is 0 Å². The average molecular weight is 305 g/mol. The summed E-state index contributed by atoms with van der Waals surface area (Å²) in [6.07, 6.45) is 0.921. The minimum atomic E-state index is -0.412. The Morgan fingerprint density at radius 2 is 2.00 bits per heavy atom. The summed E-state index contributed by atoms with van der Waals surface area (Å²) >= 11 is 0. The van der Waals surface area contributed by atoms with E-state index in [1.54, 1.807) is 14.0 Å². The van der Waals surface area contributed by atoms with E-state index in [2.05, 4.69) is 25.4 Å². The van der Waals surface area contributed by atoms with Crippen molar-refractivity contribution in [3.05, 3.63) is 48.4 Å². The van der Waals surface area contributed by atoms with E-state index in [1.807, 2.05) is 18.2 Å². The summed E-state index contributed by atoms with van der Waals surface area (Å²) in [6.45, 7) is 11.6. The highest BCUT2D eigenvalue weighted by Gasteiger charge is 2.07. The lowest BCUT2D eigenvalue weighted by Crippen LogP contribution is -2.23. The van der Waals surface area contributed by atoms with Crippen molar-refractivity contribution in [1.29, 1.82) is 0 Å². The predicted molar refractivity (Wildman–Crippen MR) is 85.9 cm³/mol. The van der Waals surface area contributed by atoms with Gasteiger partial charge < -0.3 is 19.5 Å². The summed E-state index contributed by atoms with van der Waals surface area (Å²) in [5.74, 6) is 1.17. The van der Waals surface area contributed by atoms with E-state index in [4.69, 9.17) is 14.2 Å². The number of carbonyl (C=O) groups is 1. The molecule has 0 atom stereocenters. The van der Waals surface area contributed by atoms with Gasteiger partial charge in [0.15, 0.2) is 17.4 Å². The molecule has 120 valence electrons. The standard InChI is InChI=1S/C17H23NO4/c1-6-14-7-8-15(16(11-14)20-5)22-13(4)18-9-10-21-17(19)12(2)3/h7-8,11,18H,2,4,6,9-10H2,1,3,5H3. The van der Waals surface area contributed by atoms with Gasteiger partial charge in [-0.3, -0.25) is 0 Å². The highest BCUT2D eigenvalue weighted by Crippen LogP contribution is 2.29. The maximum Gasteiger partial charge on any atom is 0.333 e. The van der Waals surface area contributed by atoms with Gasteiger partial charge in [0.05, 0.1) is 13.7 Å². The van der Waals surface area contributed by atoms with Gasteiger partial charge in [-0.2, -0.15) is 0 Å². The number of rotatable bonds is 9. The zero-order valence-corrected chi connectivity index (χ0v) is 13.4. The van der Waals surface area contributed by atoms with Crippen LogP contribution >= 0.6 is 0 Å². The first kappa shape index (κ1) is 17.6. The first-order valence-corrected chi connectivity index (χ1v) is 7.08. The summed E-state index contributed by atoms with van der Waals surface area (Å²) < 4.78 is 15.9. The van der Waals surface area contributed by atoms with Crippen molar-refractivity contribution in [2.75, 3.05) is 20.3 Å². The third-order valence-corrected chi connectivity index (χ3v) is 2.88. The molecule has 1 rings (SSSR count).